The monoisotopic (exact) mass is 570 g/mol. The molecule has 174 valence electrons. The van der Waals surface area contributed by atoms with Crippen LogP contribution in [0.4, 0.5) is 0 Å². The fourth-order valence-electron chi connectivity index (χ4n) is 3.94. The Morgan fingerprint density at radius 2 is 1.55 bits per heavy atom. The molecule has 0 saturated heterocycles. The number of hydrogen-bond acceptors (Lipinski definition) is 0. The molecule has 0 spiro atoms. The van der Waals surface area contributed by atoms with Crippen molar-refractivity contribution in [3.8, 4) is 11.1 Å². The summed E-state index contributed by atoms with van der Waals surface area (Å²) in [5.41, 5.74) is 8.67. The zero-order chi connectivity index (χ0) is 22.5. The molecule has 0 aromatic heterocycles. The topological polar surface area (TPSA) is 0 Å². The Bertz CT molecular complexity index is 1120. The van der Waals surface area contributed by atoms with Crippen LogP contribution in [0.3, 0.4) is 0 Å². The Morgan fingerprint density at radius 3 is 2.00 bits per heavy atom. The molecule has 4 heteroatoms. The van der Waals surface area contributed by atoms with Crippen molar-refractivity contribution in [1.82, 2.24) is 0 Å². The Labute approximate surface area is 228 Å². The average Bonchev–Trinajstić information content (AvgIpc) is 3.46. The molecule has 3 aromatic rings. The second kappa shape index (κ2) is 13.9. The third-order valence-corrected chi connectivity index (χ3v) is 6.14. The molecule has 1 unspecified atom stereocenters. The van der Waals surface area contributed by atoms with Gasteiger partial charge in [0, 0.05) is 0 Å². The summed E-state index contributed by atoms with van der Waals surface area (Å²) in [4.78, 5) is 0. The van der Waals surface area contributed by atoms with Gasteiger partial charge in [0.2, 0.25) is 0 Å². The van der Waals surface area contributed by atoms with Crippen LogP contribution in [-0.4, -0.2) is 5.43 Å². The van der Waals surface area contributed by atoms with Crippen molar-refractivity contribution in [3.05, 3.63) is 89.0 Å². The van der Waals surface area contributed by atoms with Crippen molar-refractivity contribution in [2.24, 2.45) is 5.92 Å². The third kappa shape index (κ3) is 8.43. The molecule has 33 heavy (non-hydrogen) atoms. The first-order valence-corrected chi connectivity index (χ1v) is 17.5. The minimum absolute atomic E-state index is 0. The summed E-state index contributed by atoms with van der Waals surface area (Å²) in [5.74, 6) is 1.39. The van der Waals surface area contributed by atoms with Gasteiger partial charge in [-0.15, -0.1) is 41.5 Å². The summed E-state index contributed by atoms with van der Waals surface area (Å²) in [7, 11) is 0. The van der Waals surface area contributed by atoms with Gasteiger partial charge < -0.3 is 24.8 Å². The van der Waals surface area contributed by atoms with Crippen LogP contribution in [0.25, 0.3) is 21.9 Å². The molecule has 0 heterocycles. The van der Waals surface area contributed by atoms with E-state index in [0.29, 0.717) is 5.92 Å². The van der Waals surface area contributed by atoms with Crippen molar-refractivity contribution in [1.29, 1.82) is 0 Å². The van der Waals surface area contributed by atoms with E-state index in [0.717, 1.165) is 5.92 Å². The molecule has 1 fully saturated rings. The molecular weight excluding hydrogens is 539 g/mol. The molecule has 0 amide bonds. The van der Waals surface area contributed by atoms with Crippen LogP contribution in [0.2, 0.25) is 13.1 Å². The van der Waals surface area contributed by atoms with E-state index in [1.54, 1.807) is 23.3 Å². The Balaban J connectivity index is 0.000000310. The molecule has 0 aliphatic heterocycles. The van der Waals surface area contributed by atoms with Crippen molar-refractivity contribution in [2.75, 3.05) is 0 Å². The van der Waals surface area contributed by atoms with Gasteiger partial charge in [-0.2, -0.15) is 17.2 Å². The van der Waals surface area contributed by atoms with E-state index < -0.39 is 0 Å². The molecule has 0 radical (unpaired) electrons. The SMILES string of the molecule is CC1=[C-]C(C)C(C)=C1C.C[Si](C)=[Zr+2].[Cl-].[Cl-].c1ccc(-c2cccc3[cH-]c(C4CC4)cc23)cc1. The predicted molar refractivity (Wildman–Crippen MR) is 134 cm³/mol. The smallest absolute Gasteiger partial charge is 0.0279 e. The van der Waals surface area contributed by atoms with E-state index in [4.69, 9.17) is 0 Å². The molecule has 2 aliphatic carbocycles. The van der Waals surface area contributed by atoms with Gasteiger partial charge in [-0.1, -0.05) is 68.7 Å². The molecule has 0 N–H and O–H groups in total. The fraction of sp³-hybridized carbons (Fsp3) is 0.345. The minimum Gasteiger partial charge on any atom is -1.00 e. The van der Waals surface area contributed by atoms with Gasteiger partial charge in [-0.05, 0) is 24.3 Å². The summed E-state index contributed by atoms with van der Waals surface area (Å²) in [6, 6.07) is 22.1. The molecule has 1 saturated carbocycles. The molecule has 3 aromatic carbocycles. The van der Waals surface area contributed by atoms with Gasteiger partial charge in [0.15, 0.2) is 0 Å². The van der Waals surface area contributed by atoms with Gasteiger partial charge in [-0.3, -0.25) is 6.08 Å². The quantitative estimate of drug-likeness (QED) is 0.327. The van der Waals surface area contributed by atoms with Crippen LogP contribution in [-0.2, 0) is 23.3 Å². The largest absolute Gasteiger partial charge is 1.00 e. The number of benzene rings is 2. The van der Waals surface area contributed by atoms with Gasteiger partial charge in [0.05, 0.1) is 0 Å². The Hall–Kier alpha value is -0.790. The van der Waals surface area contributed by atoms with Crippen LogP contribution in [0.5, 0.6) is 0 Å². The van der Waals surface area contributed by atoms with Crippen LogP contribution in [0, 0.1) is 12.0 Å². The zero-order valence-electron chi connectivity index (χ0n) is 20.6. The maximum absolute atomic E-state index is 3.36. The molecule has 0 bridgehead atoms. The maximum atomic E-state index is 3.36. The Kier molecular flexibility index (Phi) is 12.8. The first kappa shape index (κ1) is 30.2. The van der Waals surface area contributed by atoms with Gasteiger partial charge in [0.1, 0.15) is 0 Å². The van der Waals surface area contributed by atoms with Crippen LogP contribution < -0.4 is 24.8 Å². The third-order valence-electron chi connectivity index (χ3n) is 6.14. The van der Waals surface area contributed by atoms with Crippen molar-refractivity contribution >= 4 is 16.2 Å². The van der Waals surface area contributed by atoms with Gasteiger partial charge in [-0.25, -0.2) is 5.57 Å². The number of halogens is 2. The maximum Gasteiger partial charge on any atom is -0.0279 e. The molecule has 1 atom stereocenters. The normalized spacial score (nSPS) is 16.5. The number of hydrogen-bond donors (Lipinski definition) is 0. The van der Waals surface area contributed by atoms with E-state index in [9.17, 15) is 0 Å². The van der Waals surface area contributed by atoms with E-state index in [-0.39, 0.29) is 30.2 Å². The number of fused-ring (bicyclic) bond motifs is 1. The van der Waals surface area contributed by atoms with Crippen molar-refractivity contribution in [2.45, 2.75) is 59.5 Å². The van der Waals surface area contributed by atoms with Gasteiger partial charge >= 0.3 is 41.9 Å². The van der Waals surface area contributed by atoms with Crippen molar-refractivity contribution < 1.29 is 48.1 Å². The number of rotatable bonds is 2. The molecule has 2 aliphatic rings. The summed E-state index contributed by atoms with van der Waals surface area (Å²) >= 11 is 1.74. The van der Waals surface area contributed by atoms with Crippen LogP contribution >= 0.6 is 0 Å². The van der Waals surface area contributed by atoms with Gasteiger partial charge in [0.25, 0.3) is 0 Å². The molecular formula is C29H34Cl2SiZr-2. The fourth-order valence-corrected chi connectivity index (χ4v) is 3.94. The van der Waals surface area contributed by atoms with Crippen LogP contribution in [0.15, 0.2) is 77.4 Å². The first-order valence-electron chi connectivity index (χ1n) is 11.3. The van der Waals surface area contributed by atoms with E-state index >= 15 is 0 Å². The second-order valence-corrected chi connectivity index (χ2v) is 18.4. The zero-order valence-corrected chi connectivity index (χ0v) is 25.6. The predicted octanol–water partition coefficient (Wildman–Crippen LogP) is 2.62. The Morgan fingerprint density at radius 1 is 0.939 bits per heavy atom. The van der Waals surface area contributed by atoms with E-state index in [2.05, 4.69) is 108 Å². The summed E-state index contributed by atoms with van der Waals surface area (Å²) < 4.78 is 0. The van der Waals surface area contributed by atoms with E-state index in [1.807, 2.05) is 0 Å². The standard InChI is InChI=1S/C18H15.C9H13.C2H6Si.2ClH.Zr/c1-2-5-14(6-3-1)17-8-4-7-15-11-16(12-18(15)17)13-9-10-13;1-6-5-7(2)9(4)8(6)3;1-3-2;;;/h1-8,11-13H,9-10H2;6H,1-4H3;1-2H3;2*1H;/q2*-1;;;;+2/p-2. The van der Waals surface area contributed by atoms with E-state index in [1.165, 1.54) is 57.0 Å². The molecule has 0 nitrogen and oxygen atoms in total. The average molecular weight is 573 g/mol. The summed E-state index contributed by atoms with van der Waals surface area (Å²) in [5, 5.41) is 2.80. The summed E-state index contributed by atoms with van der Waals surface area (Å²) in [6.07, 6.45) is 6.10. The van der Waals surface area contributed by atoms with Crippen LogP contribution in [0.1, 0.15) is 52.0 Å². The first-order chi connectivity index (χ1) is 14.8. The summed E-state index contributed by atoms with van der Waals surface area (Å²) in [6.45, 7) is 13.3. The number of allylic oxidation sites excluding steroid dienone is 4. The van der Waals surface area contributed by atoms with Crippen molar-refractivity contribution in [3.63, 3.8) is 0 Å². The molecule has 5 rings (SSSR count). The second-order valence-electron chi connectivity index (χ2n) is 9.04. The minimum atomic E-state index is 0.